The summed E-state index contributed by atoms with van der Waals surface area (Å²) in [5.74, 6) is 0. The highest BCUT2D eigenvalue weighted by atomic mass is 16.3. The molecule has 0 saturated heterocycles. The lowest BCUT2D eigenvalue weighted by molar-refractivity contribution is -0.104. The lowest BCUT2D eigenvalue weighted by Gasteiger charge is -2.02. The second kappa shape index (κ2) is 5.46. The molecule has 0 unspecified atom stereocenters. The zero-order chi connectivity index (χ0) is 12.1. The Bertz CT molecular complexity index is 540. The van der Waals surface area contributed by atoms with Crippen molar-refractivity contribution >= 4 is 23.3 Å². The number of rotatable bonds is 5. The zero-order valence-electron chi connectivity index (χ0n) is 9.54. The fourth-order valence-electron chi connectivity index (χ4n) is 1.98. The quantitative estimate of drug-likeness (QED) is 0.631. The zero-order valence-corrected chi connectivity index (χ0v) is 9.54. The van der Waals surface area contributed by atoms with Crippen LogP contribution in [-0.2, 0) is 11.3 Å². The van der Waals surface area contributed by atoms with Crippen LogP contribution in [0.15, 0.2) is 36.5 Å². The number of benzene rings is 1. The first kappa shape index (κ1) is 11.6. The first-order valence-corrected chi connectivity index (χ1v) is 5.67. The summed E-state index contributed by atoms with van der Waals surface area (Å²) in [5.41, 5.74) is 2.16. The third kappa shape index (κ3) is 2.45. The topological polar surface area (TPSA) is 42.2 Å². The number of carbonyl (C=O) groups is 1. The predicted molar refractivity (Wildman–Crippen MR) is 68.7 cm³/mol. The van der Waals surface area contributed by atoms with Crippen LogP contribution in [0, 0.1) is 0 Å². The van der Waals surface area contributed by atoms with E-state index >= 15 is 0 Å². The maximum Gasteiger partial charge on any atom is 0.142 e. The largest absolute Gasteiger partial charge is 0.396 e. The Balaban J connectivity index is 2.46. The van der Waals surface area contributed by atoms with Gasteiger partial charge in [-0.3, -0.25) is 4.79 Å². The molecule has 3 heteroatoms. The molecule has 0 fully saturated rings. The lowest BCUT2D eigenvalue weighted by Crippen LogP contribution is -1.97. The summed E-state index contributed by atoms with van der Waals surface area (Å²) in [6.07, 6.45) is 6.83. The van der Waals surface area contributed by atoms with E-state index in [4.69, 9.17) is 5.11 Å². The van der Waals surface area contributed by atoms with Crippen LogP contribution in [0.25, 0.3) is 17.0 Å². The van der Waals surface area contributed by atoms with Crippen LogP contribution in [-0.4, -0.2) is 22.6 Å². The van der Waals surface area contributed by atoms with Crippen molar-refractivity contribution in [2.24, 2.45) is 0 Å². The average Bonchev–Trinajstić information content (AvgIpc) is 2.72. The van der Waals surface area contributed by atoms with E-state index in [0.717, 1.165) is 35.7 Å². The molecule has 1 aromatic heterocycles. The van der Waals surface area contributed by atoms with Crippen LogP contribution < -0.4 is 0 Å². The Morgan fingerprint density at radius 3 is 2.88 bits per heavy atom. The fraction of sp³-hybridized carbons (Fsp3) is 0.214. The molecule has 0 atom stereocenters. The van der Waals surface area contributed by atoms with Crippen LogP contribution >= 0.6 is 0 Å². The van der Waals surface area contributed by atoms with Crippen LogP contribution in [0.4, 0.5) is 0 Å². The Kier molecular flexibility index (Phi) is 3.73. The summed E-state index contributed by atoms with van der Waals surface area (Å²) in [5, 5.41) is 10.0. The van der Waals surface area contributed by atoms with E-state index in [9.17, 15) is 4.79 Å². The maximum atomic E-state index is 10.4. The Hall–Kier alpha value is -1.87. The molecule has 2 rings (SSSR count). The molecule has 0 spiro atoms. The number of aliphatic hydroxyl groups is 1. The molecule has 0 aliphatic heterocycles. The number of aldehydes is 1. The van der Waals surface area contributed by atoms with Gasteiger partial charge in [-0.1, -0.05) is 18.2 Å². The van der Waals surface area contributed by atoms with Gasteiger partial charge in [0.2, 0.25) is 0 Å². The van der Waals surface area contributed by atoms with E-state index in [1.165, 1.54) is 6.08 Å². The monoisotopic (exact) mass is 229 g/mol. The van der Waals surface area contributed by atoms with Crippen molar-refractivity contribution in [2.75, 3.05) is 6.61 Å². The van der Waals surface area contributed by atoms with Gasteiger partial charge in [0.25, 0.3) is 0 Å². The molecule has 0 aliphatic carbocycles. The molecule has 2 aromatic rings. The van der Waals surface area contributed by atoms with Gasteiger partial charge in [-0.05, 0) is 24.6 Å². The van der Waals surface area contributed by atoms with Crippen molar-refractivity contribution in [3.63, 3.8) is 0 Å². The van der Waals surface area contributed by atoms with E-state index in [1.807, 2.05) is 36.5 Å². The minimum atomic E-state index is 0.187. The number of hydrogen-bond acceptors (Lipinski definition) is 2. The molecule has 3 nitrogen and oxygen atoms in total. The first-order chi connectivity index (χ1) is 8.36. The summed E-state index contributed by atoms with van der Waals surface area (Å²) in [4.78, 5) is 10.4. The number of carbonyl (C=O) groups excluding carboxylic acids is 1. The van der Waals surface area contributed by atoms with E-state index in [2.05, 4.69) is 4.57 Å². The third-order valence-electron chi connectivity index (χ3n) is 2.73. The van der Waals surface area contributed by atoms with Gasteiger partial charge in [0.1, 0.15) is 6.29 Å². The predicted octanol–water partition coefficient (Wildman–Crippen LogP) is 2.24. The van der Waals surface area contributed by atoms with Gasteiger partial charge >= 0.3 is 0 Å². The molecule has 0 aliphatic rings. The van der Waals surface area contributed by atoms with Crippen LogP contribution in [0.2, 0.25) is 0 Å². The SMILES string of the molecule is O=CC=Cc1cn(CCCO)c2ccccc12. The number of fused-ring (bicyclic) bond motifs is 1. The van der Waals surface area contributed by atoms with E-state index in [1.54, 1.807) is 0 Å². The summed E-state index contributed by atoms with van der Waals surface area (Å²) >= 11 is 0. The van der Waals surface area contributed by atoms with Gasteiger partial charge in [-0.2, -0.15) is 0 Å². The molecule has 1 heterocycles. The minimum absolute atomic E-state index is 0.187. The van der Waals surface area contributed by atoms with Gasteiger partial charge < -0.3 is 9.67 Å². The van der Waals surface area contributed by atoms with Crippen molar-refractivity contribution in [1.82, 2.24) is 4.57 Å². The molecule has 0 saturated carbocycles. The smallest absolute Gasteiger partial charge is 0.142 e. The van der Waals surface area contributed by atoms with Gasteiger partial charge in [0.05, 0.1) is 0 Å². The molecule has 0 radical (unpaired) electrons. The number of nitrogens with zero attached hydrogens (tertiary/aromatic N) is 1. The number of allylic oxidation sites excluding steroid dienone is 1. The van der Waals surface area contributed by atoms with Crippen LogP contribution in [0.1, 0.15) is 12.0 Å². The minimum Gasteiger partial charge on any atom is -0.396 e. The lowest BCUT2D eigenvalue weighted by atomic mass is 10.2. The van der Waals surface area contributed by atoms with Gasteiger partial charge in [-0.15, -0.1) is 0 Å². The Morgan fingerprint density at radius 1 is 1.29 bits per heavy atom. The highest BCUT2D eigenvalue weighted by Crippen LogP contribution is 2.22. The average molecular weight is 229 g/mol. The van der Waals surface area contributed by atoms with Crippen molar-refractivity contribution in [1.29, 1.82) is 0 Å². The maximum absolute atomic E-state index is 10.4. The number of aromatic nitrogens is 1. The standard InChI is InChI=1S/C14H15NO2/c16-9-3-5-12-11-15(8-4-10-17)14-7-2-1-6-13(12)14/h1-3,5-7,9,11,17H,4,8,10H2. The molecule has 0 bridgehead atoms. The normalized spacial score (nSPS) is 11.4. The Morgan fingerprint density at radius 2 is 2.12 bits per heavy atom. The second-order valence-corrected chi connectivity index (χ2v) is 3.87. The number of hydrogen-bond donors (Lipinski definition) is 1. The van der Waals surface area contributed by atoms with Crippen LogP contribution in [0.5, 0.6) is 0 Å². The number of para-hydroxylation sites is 1. The van der Waals surface area contributed by atoms with E-state index in [-0.39, 0.29) is 6.61 Å². The second-order valence-electron chi connectivity index (χ2n) is 3.87. The molecular formula is C14H15NO2. The molecule has 17 heavy (non-hydrogen) atoms. The highest BCUT2D eigenvalue weighted by Gasteiger charge is 2.04. The van der Waals surface area contributed by atoms with E-state index in [0.29, 0.717) is 0 Å². The van der Waals surface area contributed by atoms with Gasteiger partial charge in [0.15, 0.2) is 0 Å². The summed E-state index contributed by atoms with van der Waals surface area (Å²) in [6, 6.07) is 8.06. The molecule has 0 amide bonds. The number of aliphatic hydroxyl groups excluding tert-OH is 1. The summed E-state index contributed by atoms with van der Waals surface area (Å²) in [6.45, 7) is 0.970. The number of aryl methyl sites for hydroxylation is 1. The van der Waals surface area contributed by atoms with Crippen molar-refractivity contribution in [3.8, 4) is 0 Å². The van der Waals surface area contributed by atoms with Gasteiger partial charge in [-0.25, -0.2) is 0 Å². The first-order valence-electron chi connectivity index (χ1n) is 5.67. The van der Waals surface area contributed by atoms with Crippen molar-refractivity contribution in [3.05, 3.63) is 42.1 Å². The van der Waals surface area contributed by atoms with Crippen molar-refractivity contribution < 1.29 is 9.90 Å². The molecular weight excluding hydrogens is 214 g/mol. The Labute approximate surface area is 100.0 Å². The molecule has 88 valence electrons. The molecule has 1 aromatic carbocycles. The summed E-state index contributed by atoms with van der Waals surface area (Å²) < 4.78 is 2.11. The van der Waals surface area contributed by atoms with Crippen molar-refractivity contribution in [2.45, 2.75) is 13.0 Å². The molecule has 1 N–H and O–H groups in total. The summed E-state index contributed by atoms with van der Waals surface area (Å²) in [7, 11) is 0. The highest BCUT2D eigenvalue weighted by molar-refractivity contribution is 5.91. The third-order valence-corrected chi connectivity index (χ3v) is 2.73. The van der Waals surface area contributed by atoms with Gasteiger partial charge in [0, 0.05) is 35.8 Å². The fourth-order valence-corrected chi connectivity index (χ4v) is 1.98. The van der Waals surface area contributed by atoms with E-state index < -0.39 is 0 Å². The van der Waals surface area contributed by atoms with Crippen LogP contribution in [0.3, 0.4) is 0 Å².